The lowest BCUT2D eigenvalue weighted by Crippen LogP contribution is -2.51. The third-order valence-corrected chi connectivity index (χ3v) is 5.78. The topological polar surface area (TPSA) is 81.8 Å². The van der Waals surface area contributed by atoms with Crippen LogP contribution in [0.15, 0.2) is 0 Å². The summed E-state index contributed by atoms with van der Waals surface area (Å²) < 4.78 is 0. The Labute approximate surface area is 149 Å². The molecule has 0 atom stereocenters. The standard InChI is InChI=1S/C18H30N4O3/c1-2-12-21(14-6-10-19-11-7-14)15(23)13-22-16(24)18(20-17(22)25)8-4-3-5-9-18/h14,19H,2-13H2,1H3,(H,20,25). The van der Waals surface area contributed by atoms with Crippen LogP contribution >= 0.6 is 0 Å². The molecule has 140 valence electrons. The first-order chi connectivity index (χ1) is 12.1. The minimum absolute atomic E-state index is 0.106. The highest BCUT2D eigenvalue weighted by Gasteiger charge is 2.51. The predicted octanol–water partition coefficient (Wildman–Crippen LogP) is 1.23. The third kappa shape index (κ3) is 3.66. The van der Waals surface area contributed by atoms with Crippen molar-refractivity contribution in [1.82, 2.24) is 20.4 Å². The van der Waals surface area contributed by atoms with E-state index in [1.807, 2.05) is 11.8 Å². The van der Waals surface area contributed by atoms with Crippen LogP contribution in [-0.4, -0.2) is 65.4 Å². The van der Waals surface area contributed by atoms with Crippen molar-refractivity contribution in [3.63, 3.8) is 0 Å². The SMILES string of the molecule is CCCN(C(=O)CN1C(=O)NC2(CCCCC2)C1=O)C1CCNCC1. The van der Waals surface area contributed by atoms with Crippen molar-refractivity contribution < 1.29 is 14.4 Å². The number of amides is 4. The van der Waals surface area contributed by atoms with Crippen molar-refractivity contribution in [2.24, 2.45) is 0 Å². The predicted molar refractivity (Wildman–Crippen MR) is 94.0 cm³/mol. The number of urea groups is 1. The summed E-state index contributed by atoms with van der Waals surface area (Å²) in [5, 5.41) is 6.19. The molecule has 0 aromatic heterocycles. The van der Waals surface area contributed by atoms with Crippen LogP contribution in [0.1, 0.15) is 58.3 Å². The Morgan fingerprint density at radius 3 is 2.52 bits per heavy atom. The molecular weight excluding hydrogens is 320 g/mol. The van der Waals surface area contributed by atoms with Crippen LogP contribution < -0.4 is 10.6 Å². The fourth-order valence-corrected chi connectivity index (χ4v) is 4.41. The molecule has 7 nitrogen and oxygen atoms in total. The van der Waals surface area contributed by atoms with Gasteiger partial charge in [0.2, 0.25) is 5.91 Å². The van der Waals surface area contributed by atoms with Gasteiger partial charge in [-0.15, -0.1) is 0 Å². The average molecular weight is 350 g/mol. The Morgan fingerprint density at radius 1 is 1.20 bits per heavy atom. The summed E-state index contributed by atoms with van der Waals surface area (Å²) in [6.07, 6.45) is 7.11. The van der Waals surface area contributed by atoms with E-state index >= 15 is 0 Å². The number of imide groups is 1. The molecule has 0 unspecified atom stereocenters. The van der Waals surface area contributed by atoms with Crippen molar-refractivity contribution in [2.75, 3.05) is 26.2 Å². The van der Waals surface area contributed by atoms with Gasteiger partial charge in [-0.3, -0.25) is 14.5 Å². The minimum Gasteiger partial charge on any atom is -0.338 e. The lowest BCUT2D eigenvalue weighted by molar-refractivity contribution is -0.141. The molecule has 2 saturated heterocycles. The normalized spacial score (nSPS) is 23.8. The molecule has 4 amide bonds. The molecule has 0 bridgehead atoms. The Bertz CT molecular complexity index is 524. The second kappa shape index (κ2) is 7.72. The van der Waals surface area contributed by atoms with Crippen LogP contribution in [0.5, 0.6) is 0 Å². The first-order valence-corrected chi connectivity index (χ1v) is 9.72. The van der Waals surface area contributed by atoms with Gasteiger partial charge in [0.25, 0.3) is 5.91 Å². The number of nitrogens with one attached hydrogen (secondary N) is 2. The fraction of sp³-hybridized carbons (Fsp3) is 0.833. The zero-order valence-corrected chi connectivity index (χ0v) is 15.2. The first kappa shape index (κ1) is 18.2. The zero-order valence-electron chi connectivity index (χ0n) is 15.2. The number of nitrogens with zero attached hydrogens (tertiary/aromatic N) is 2. The quantitative estimate of drug-likeness (QED) is 0.731. The van der Waals surface area contributed by atoms with Crippen LogP contribution in [0.2, 0.25) is 0 Å². The molecule has 2 aliphatic heterocycles. The van der Waals surface area contributed by atoms with Gasteiger partial charge in [0.15, 0.2) is 0 Å². The van der Waals surface area contributed by atoms with Crippen LogP contribution in [0.25, 0.3) is 0 Å². The summed E-state index contributed by atoms with van der Waals surface area (Å²) in [4.78, 5) is 41.1. The molecule has 7 heteroatoms. The van der Waals surface area contributed by atoms with E-state index in [0.717, 1.165) is 56.5 Å². The molecule has 1 spiro atoms. The second-order valence-electron chi connectivity index (χ2n) is 7.53. The average Bonchev–Trinajstić information content (AvgIpc) is 2.85. The summed E-state index contributed by atoms with van der Waals surface area (Å²) in [5.41, 5.74) is -0.750. The van der Waals surface area contributed by atoms with Gasteiger partial charge in [-0.05, 0) is 45.2 Å². The summed E-state index contributed by atoms with van der Waals surface area (Å²) >= 11 is 0. The number of hydrogen-bond acceptors (Lipinski definition) is 4. The molecule has 0 aromatic rings. The Balaban J connectivity index is 1.67. The minimum atomic E-state index is -0.750. The fourth-order valence-electron chi connectivity index (χ4n) is 4.41. The van der Waals surface area contributed by atoms with Gasteiger partial charge in [-0.1, -0.05) is 26.2 Å². The van der Waals surface area contributed by atoms with Crippen LogP contribution in [0.3, 0.4) is 0 Å². The highest BCUT2D eigenvalue weighted by Crippen LogP contribution is 2.33. The Hall–Kier alpha value is -1.63. The van der Waals surface area contributed by atoms with E-state index < -0.39 is 11.6 Å². The summed E-state index contributed by atoms with van der Waals surface area (Å²) in [6.45, 7) is 4.41. The van der Waals surface area contributed by atoms with Crippen molar-refractivity contribution in [2.45, 2.75) is 69.9 Å². The molecule has 3 rings (SSSR count). The highest BCUT2D eigenvalue weighted by atomic mass is 16.2. The number of carbonyl (C=O) groups is 3. The van der Waals surface area contributed by atoms with E-state index in [9.17, 15) is 14.4 Å². The lowest BCUT2D eigenvalue weighted by Gasteiger charge is -2.35. The van der Waals surface area contributed by atoms with Crippen LogP contribution in [0, 0.1) is 0 Å². The van der Waals surface area contributed by atoms with Crippen molar-refractivity contribution in [3.05, 3.63) is 0 Å². The number of hydrogen-bond donors (Lipinski definition) is 2. The summed E-state index contributed by atoms with van der Waals surface area (Å²) in [5.74, 6) is -0.308. The van der Waals surface area contributed by atoms with E-state index in [-0.39, 0.29) is 24.4 Å². The summed E-state index contributed by atoms with van der Waals surface area (Å²) in [6, 6.07) is -0.194. The van der Waals surface area contributed by atoms with E-state index in [1.54, 1.807) is 0 Å². The molecule has 25 heavy (non-hydrogen) atoms. The van der Waals surface area contributed by atoms with Gasteiger partial charge in [-0.2, -0.15) is 0 Å². The van der Waals surface area contributed by atoms with Crippen LogP contribution in [0.4, 0.5) is 4.79 Å². The van der Waals surface area contributed by atoms with Gasteiger partial charge >= 0.3 is 6.03 Å². The smallest absolute Gasteiger partial charge is 0.325 e. The Kier molecular flexibility index (Phi) is 5.61. The second-order valence-corrected chi connectivity index (χ2v) is 7.53. The van der Waals surface area contributed by atoms with E-state index in [0.29, 0.717) is 19.4 Å². The molecule has 1 aliphatic carbocycles. The van der Waals surface area contributed by atoms with E-state index in [1.165, 1.54) is 0 Å². The number of carbonyl (C=O) groups excluding carboxylic acids is 3. The number of rotatable bonds is 5. The van der Waals surface area contributed by atoms with Gasteiger partial charge in [0, 0.05) is 12.6 Å². The van der Waals surface area contributed by atoms with E-state index in [4.69, 9.17) is 0 Å². The molecule has 2 heterocycles. The largest absolute Gasteiger partial charge is 0.338 e. The maximum Gasteiger partial charge on any atom is 0.325 e. The van der Waals surface area contributed by atoms with Crippen molar-refractivity contribution in [1.29, 1.82) is 0 Å². The van der Waals surface area contributed by atoms with E-state index in [2.05, 4.69) is 10.6 Å². The maximum absolute atomic E-state index is 12.9. The van der Waals surface area contributed by atoms with Gasteiger partial charge in [0.1, 0.15) is 12.1 Å². The monoisotopic (exact) mass is 350 g/mol. The third-order valence-electron chi connectivity index (χ3n) is 5.78. The van der Waals surface area contributed by atoms with Gasteiger partial charge < -0.3 is 15.5 Å². The molecule has 3 fully saturated rings. The maximum atomic E-state index is 12.9. The zero-order chi connectivity index (χ0) is 17.9. The molecule has 3 aliphatic rings. The highest BCUT2D eigenvalue weighted by molar-refractivity contribution is 6.09. The molecular formula is C18H30N4O3. The molecule has 0 aromatic carbocycles. The molecule has 0 radical (unpaired) electrons. The first-order valence-electron chi connectivity index (χ1n) is 9.72. The van der Waals surface area contributed by atoms with Crippen LogP contribution in [-0.2, 0) is 9.59 Å². The molecule has 1 saturated carbocycles. The van der Waals surface area contributed by atoms with Crippen molar-refractivity contribution in [3.8, 4) is 0 Å². The summed E-state index contributed by atoms with van der Waals surface area (Å²) in [7, 11) is 0. The van der Waals surface area contributed by atoms with Gasteiger partial charge in [-0.25, -0.2) is 4.79 Å². The lowest BCUT2D eigenvalue weighted by atomic mass is 9.82. The van der Waals surface area contributed by atoms with Crippen molar-refractivity contribution >= 4 is 17.8 Å². The number of piperidine rings is 1. The molecule has 2 N–H and O–H groups in total. The van der Waals surface area contributed by atoms with Gasteiger partial charge in [0.05, 0.1) is 0 Å². The Morgan fingerprint density at radius 2 is 1.88 bits per heavy atom.